The van der Waals surface area contributed by atoms with Crippen LogP contribution in [0.4, 0.5) is 0 Å². The van der Waals surface area contributed by atoms with E-state index in [-0.39, 0.29) is 0 Å². The Labute approximate surface area is 339 Å². The summed E-state index contributed by atoms with van der Waals surface area (Å²) in [5, 5.41) is 11.7. The summed E-state index contributed by atoms with van der Waals surface area (Å²) in [5.41, 5.74) is 12.7. The maximum Gasteiger partial charge on any atom is 0.145 e. The van der Waals surface area contributed by atoms with E-state index in [1.165, 1.54) is 36.7 Å². The topological polar surface area (TPSA) is 36.1 Å². The fraction of sp³-hybridized carbons (Fsp3) is 0. The molecule has 14 rings (SSSR count). The highest BCUT2D eigenvalue weighted by Gasteiger charge is 2.23. The first-order valence-corrected chi connectivity index (χ1v) is 20.8. The molecule has 5 heterocycles. The standard InChI is InChI=1S/C54H30N2O2S/c1-5-16-43-39(14-1)51-45(55(43)33-11-9-10-31(28-33)32-20-27-50-42(29-32)36-13-4-8-19-49(36)59-50)24-22-37-38-23-25-46-52(54(38)58-53(37)51)40-15-2-6-17-44(40)56(46)34-21-26-48-41(30-34)35-12-3-7-18-47(35)57-48/h1-30H. The number of hydrogen-bond acceptors (Lipinski definition) is 3. The van der Waals surface area contributed by atoms with Crippen LogP contribution < -0.4 is 0 Å². The molecule has 59 heavy (non-hydrogen) atoms. The molecule has 0 saturated carbocycles. The number of hydrogen-bond donors (Lipinski definition) is 0. The highest BCUT2D eigenvalue weighted by atomic mass is 32.1. The van der Waals surface area contributed by atoms with Crippen LogP contribution in [-0.4, -0.2) is 9.13 Å². The van der Waals surface area contributed by atoms with E-state index in [1.807, 2.05) is 23.5 Å². The van der Waals surface area contributed by atoms with Gasteiger partial charge in [0.1, 0.15) is 22.3 Å². The minimum atomic E-state index is 0.888. The van der Waals surface area contributed by atoms with E-state index >= 15 is 0 Å². The third-order valence-corrected chi connectivity index (χ3v) is 13.7. The number of thiophene rings is 1. The second-order valence-electron chi connectivity index (χ2n) is 15.6. The summed E-state index contributed by atoms with van der Waals surface area (Å²) in [6.45, 7) is 0. The van der Waals surface area contributed by atoms with Crippen molar-refractivity contribution in [2.75, 3.05) is 0 Å². The van der Waals surface area contributed by atoms with Crippen molar-refractivity contribution in [2.24, 2.45) is 0 Å². The van der Waals surface area contributed by atoms with Crippen LogP contribution in [0.15, 0.2) is 191 Å². The van der Waals surface area contributed by atoms with Crippen molar-refractivity contribution in [3.63, 3.8) is 0 Å². The molecule has 0 atom stereocenters. The van der Waals surface area contributed by atoms with Crippen molar-refractivity contribution in [1.82, 2.24) is 9.13 Å². The second-order valence-corrected chi connectivity index (χ2v) is 16.7. The second kappa shape index (κ2) is 11.5. The SMILES string of the molecule is c1cc(-c2ccc3sc4ccccc4c3c2)cc(-n2c3ccccc3c3c4oc5c(ccc6c5c5ccccc5n6-c5ccc6oc7ccccc7c6c5)c4ccc32)c1. The average Bonchev–Trinajstić information content (AvgIpc) is 4.10. The molecular formula is C54H30N2O2S. The van der Waals surface area contributed by atoms with E-state index < -0.39 is 0 Å². The van der Waals surface area contributed by atoms with Gasteiger partial charge in [0, 0.05) is 63.9 Å². The third-order valence-electron chi connectivity index (χ3n) is 12.5. The smallest absolute Gasteiger partial charge is 0.145 e. The lowest BCUT2D eigenvalue weighted by molar-refractivity contribution is 0.669. The molecule has 5 aromatic heterocycles. The lowest BCUT2D eigenvalue weighted by atomic mass is 10.0. The van der Waals surface area contributed by atoms with E-state index in [2.05, 4.69) is 179 Å². The number of rotatable bonds is 3. The Bertz CT molecular complexity index is 4100. The lowest BCUT2D eigenvalue weighted by Gasteiger charge is -2.10. The molecule has 0 unspecified atom stereocenters. The third kappa shape index (κ3) is 4.26. The molecule has 5 heteroatoms. The summed E-state index contributed by atoms with van der Waals surface area (Å²) in [4.78, 5) is 0. The van der Waals surface area contributed by atoms with Crippen molar-refractivity contribution < 1.29 is 8.83 Å². The van der Waals surface area contributed by atoms with Crippen LogP contribution in [0.25, 0.3) is 130 Å². The summed E-state index contributed by atoms with van der Waals surface area (Å²) in [7, 11) is 0. The van der Waals surface area contributed by atoms with Crippen molar-refractivity contribution in [3.8, 4) is 22.5 Å². The Morgan fingerprint density at radius 3 is 1.66 bits per heavy atom. The minimum Gasteiger partial charge on any atom is -0.456 e. The maximum absolute atomic E-state index is 7.23. The number of para-hydroxylation sites is 3. The van der Waals surface area contributed by atoms with Crippen molar-refractivity contribution in [3.05, 3.63) is 182 Å². The Balaban J connectivity index is 0.993. The van der Waals surface area contributed by atoms with Gasteiger partial charge >= 0.3 is 0 Å². The van der Waals surface area contributed by atoms with E-state index in [0.29, 0.717) is 0 Å². The lowest BCUT2D eigenvalue weighted by Crippen LogP contribution is -1.94. The quantitative estimate of drug-likeness (QED) is 0.179. The number of nitrogens with zero attached hydrogens (tertiary/aromatic N) is 2. The summed E-state index contributed by atoms with van der Waals surface area (Å²) in [6, 6.07) is 65.8. The summed E-state index contributed by atoms with van der Waals surface area (Å²) in [6.07, 6.45) is 0. The Morgan fingerprint density at radius 1 is 0.322 bits per heavy atom. The first kappa shape index (κ1) is 31.5. The zero-order valence-corrected chi connectivity index (χ0v) is 32.3. The predicted octanol–water partition coefficient (Wildman–Crippen LogP) is 15.7. The van der Waals surface area contributed by atoms with Crippen LogP contribution in [0, 0.1) is 0 Å². The molecule has 274 valence electrons. The minimum absolute atomic E-state index is 0.888. The van der Waals surface area contributed by atoms with Gasteiger partial charge in [-0.25, -0.2) is 0 Å². The predicted molar refractivity (Wildman–Crippen MR) is 248 cm³/mol. The molecule has 0 aliphatic rings. The number of furan rings is 2. The summed E-state index contributed by atoms with van der Waals surface area (Å²) in [5.74, 6) is 0. The molecule has 0 fully saturated rings. The van der Waals surface area contributed by atoms with Gasteiger partial charge in [-0.1, -0.05) is 91.0 Å². The zero-order chi connectivity index (χ0) is 38.3. The van der Waals surface area contributed by atoms with Gasteiger partial charge in [-0.2, -0.15) is 0 Å². The number of aromatic nitrogens is 2. The molecule has 0 aliphatic heterocycles. The Morgan fingerprint density at radius 2 is 0.915 bits per heavy atom. The largest absolute Gasteiger partial charge is 0.456 e. The van der Waals surface area contributed by atoms with E-state index in [4.69, 9.17) is 8.83 Å². The fourth-order valence-electron chi connectivity index (χ4n) is 9.94. The molecule has 14 aromatic rings. The van der Waals surface area contributed by atoms with Crippen molar-refractivity contribution >= 4 is 119 Å². The van der Waals surface area contributed by atoms with Gasteiger partial charge in [0.15, 0.2) is 0 Å². The van der Waals surface area contributed by atoms with E-state index in [9.17, 15) is 0 Å². The Hall–Kier alpha value is -7.60. The molecular weight excluding hydrogens is 741 g/mol. The number of benzene rings is 9. The fourth-order valence-corrected chi connectivity index (χ4v) is 11.0. The molecule has 4 nitrogen and oxygen atoms in total. The molecule has 0 radical (unpaired) electrons. The molecule has 0 bridgehead atoms. The Kier molecular flexibility index (Phi) is 6.14. The van der Waals surface area contributed by atoms with E-state index in [0.717, 1.165) is 93.5 Å². The summed E-state index contributed by atoms with van der Waals surface area (Å²) >= 11 is 1.86. The average molecular weight is 771 g/mol. The molecule has 0 saturated heterocycles. The van der Waals surface area contributed by atoms with Crippen molar-refractivity contribution in [2.45, 2.75) is 0 Å². The van der Waals surface area contributed by atoms with Gasteiger partial charge in [0.25, 0.3) is 0 Å². The van der Waals surface area contributed by atoms with Crippen LogP contribution in [-0.2, 0) is 0 Å². The molecule has 0 N–H and O–H groups in total. The number of fused-ring (bicyclic) bond motifs is 17. The molecule has 0 aliphatic carbocycles. The monoisotopic (exact) mass is 770 g/mol. The normalized spacial score (nSPS) is 12.4. The van der Waals surface area contributed by atoms with Crippen molar-refractivity contribution in [1.29, 1.82) is 0 Å². The summed E-state index contributed by atoms with van der Waals surface area (Å²) < 4.78 is 20.8. The maximum atomic E-state index is 7.23. The van der Waals surface area contributed by atoms with Crippen LogP contribution >= 0.6 is 11.3 Å². The van der Waals surface area contributed by atoms with Crippen LogP contribution in [0.5, 0.6) is 0 Å². The first-order valence-electron chi connectivity index (χ1n) is 20.0. The van der Waals surface area contributed by atoms with Gasteiger partial charge in [0.2, 0.25) is 0 Å². The zero-order valence-electron chi connectivity index (χ0n) is 31.4. The molecule has 0 spiro atoms. The van der Waals surface area contributed by atoms with Gasteiger partial charge in [-0.05, 0) is 102 Å². The highest BCUT2D eigenvalue weighted by molar-refractivity contribution is 7.25. The van der Waals surface area contributed by atoms with Crippen LogP contribution in [0.1, 0.15) is 0 Å². The van der Waals surface area contributed by atoms with Gasteiger partial charge < -0.3 is 18.0 Å². The van der Waals surface area contributed by atoms with Gasteiger partial charge in [0.05, 0.1) is 32.8 Å². The van der Waals surface area contributed by atoms with Crippen LogP contribution in [0.2, 0.25) is 0 Å². The highest BCUT2D eigenvalue weighted by Crippen LogP contribution is 2.45. The molecule has 9 aromatic carbocycles. The van der Waals surface area contributed by atoms with Gasteiger partial charge in [-0.3, -0.25) is 0 Å². The van der Waals surface area contributed by atoms with Crippen LogP contribution in [0.3, 0.4) is 0 Å². The van der Waals surface area contributed by atoms with Gasteiger partial charge in [-0.15, -0.1) is 11.3 Å². The first-order chi connectivity index (χ1) is 29.2. The molecule has 0 amide bonds. The van der Waals surface area contributed by atoms with E-state index in [1.54, 1.807) is 0 Å².